The largest absolute Gasteiger partial charge is 0.463 e. The molecule has 38 heavy (non-hydrogen) atoms. The Balaban J connectivity index is 1.75. The zero-order valence-electron chi connectivity index (χ0n) is 21.3. The van der Waals surface area contributed by atoms with Crippen LogP contribution < -0.4 is 0 Å². The molecule has 0 amide bonds. The number of ether oxygens (including phenoxy) is 2. The number of carbonyl (C=O) groups is 2. The number of esters is 2. The van der Waals surface area contributed by atoms with Crippen molar-refractivity contribution in [1.29, 1.82) is 0 Å². The molecule has 0 spiro atoms. The predicted octanol–water partition coefficient (Wildman–Crippen LogP) is 5.55. The molecule has 0 radical (unpaired) electrons. The number of aliphatic imine (C=N–C) groups is 1. The lowest BCUT2D eigenvalue weighted by Crippen LogP contribution is -2.47. The predicted molar refractivity (Wildman–Crippen MR) is 145 cm³/mol. The van der Waals surface area contributed by atoms with Crippen LogP contribution in [-0.2, 0) is 25.6 Å². The van der Waals surface area contributed by atoms with E-state index >= 15 is 0 Å². The first-order valence-electron chi connectivity index (χ1n) is 12.6. The van der Waals surface area contributed by atoms with E-state index in [1.807, 2.05) is 72.8 Å². The van der Waals surface area contributed by atoms with Crippen LogP contribution in [0, 0.1) is 0 Å². The second-order valence-electron chi connectivity index (χ2n) is 8.73. The Hall–Kier alpha value is -4.65. The lowest BCUT2D eigenvalue weighted by molar-refractivity contribution is -0.160. The average Bonchev–Trinajstić information content (AvgIpc) is 3.69. The molecule has 5 rings (SSSR count). The van der Waals surface area contributed by atoms with E-state index < -0.39 is 17.5 Å². The summed E-state index contributed by atoms with van der Waals surface area (Å²) < 4.78 is 18.5. The lowest BCUT2D eigenvalue weighted by Gasteiger charge is -2.26. The van der Waals surface area contributed by atoms with E-state index in [4.69, 9.17) is 13.9 Å². The van der Waals surface area contributed by atoms with E-state index in [0.29, 0.717) is 29.3 Å². The lowest BCUT2D eigenvalue weighted by atomic mass is 9.89. The summed E-state index contributed by atoms with van der Waals surface area (Å²) in [5.41, 5.74) is 2.34. The molecular weight excluding hydrogens is 480 g/mol. The summed E-state index contributed by atoms with van der Waals surface area (Å²) in [7, 11) is 0. The van der Waals surface area contributed by atoms with Crippen molar-refractivity contribution in [3.63, 3.8) is 0 Å². The van der Waals surface area contributed by atoms with Crippen molar-refractivity contribution >= 4 is 23.2 Å². The molecule has 7 heteroatoms. The van der Waals surface area contributed by atoms with Crippen molar-refractivity contribution < 1.29 is 23.5 Å². The van der Waals surface area contributed by atoms with Crippen LogP contribution in [0.5, 0.6) is 0 Å². The van der Waals surface area contributed by atoms with Gasteiger partial charge in [-0.3, -0.25) is 0 Å². The van der Waals surface area contributed by atoms with Crippen LogP contribution in [0.4, 0.5) is 0 Å². The zero-order valence-corrected chi connectivity index (χ0v) is 21.3. The number of hydrogen-bond donors (Lipinski definition) is 0. The number of carbonyl (C=O) groups excluding carboxylic acids is 2. The molecule has 4 aromatic rings. The molecule has 2 aromatic carbocycles. The number of aromatic nitrogens is 1. The Morgan fingerprint density at radius 2 is 1.45 bits per heavy atom. The van der Waals surface area contributed by atoms with Crippen LogP contribution in [-0.4, -0.2) is 41.0 Å². The summed E-state index contributed by atoms with van der Waals surface area (Å²) in [4.78, 5) is 31.9. The van der Waals surface area contributed by atoms with Gasteiger partial charge >= 0.3 is 11.9 Å². The Kier molecular flexibility index (Phi) is 7.09. The number of hydrogen-bond acceptors (Lipinski definition) is 6. The highest BCUT2D eigenvalue weighted by Crippen LogP contribution is 2.41. The van der Waals surface area contributed by atoms with Crippen molar-refractivity contribution in [2.75, 3.05) is 13.2 Å². The van der Waals surface area contributed by atoms with Crippen LogP contribution >= 0.6 is 0 Å². The van der Waals surface area contributed by atoms with Gasteiger partial charge in [0.05, 0.1) is 19.5 Å². The second kappa shape index (κ2) is 10.8. The quantitative estimate of drug-likeness (QED) is 0.219. The topological polar surface area (TPSA) is 83.0 Å². The molecule has 2 aromatic heterocycles. The third-order valence-electron chi connectivity index (χ3n) is 6.38. The Bertz CT molecular complexity index is 1460. The smallest absolute Gasteiger partial charge is 0.350 e. The summed E-state index contributed by atoms with van der Waals surface area (Å²) >= 11 is 0. The molecule has 192 valence electrons. The van der Waals surface area contributed by atoms with Gasteiger partial charge in [0.15, 0.2) is 5.76 Å². The molecule has 0 atom stereocenters. The Morgan fingerprint density at radius 3 is 2.05 bits per heavy atom. The maximum absolute atomic E-state index is 13.6. The molecular formula is C31H28N2O5. The highest BCUT2D eigenvalue weighted by Gasteiger charge is 2.56. The van der Waals surface area contributed by atoms with E-state index in [-0.39, 0.29) is 13.2 Å². The molecule has 0 bridgehead atoms. The number of rotatable bonds is 9. The zero-order chi connectivity index (χ0) is 26.5. The first kappa shape index (κ1) is 25.0. The maximum Gasteiger partial charge on any atom is 0.350 e. The van der Waals surface area contributed by atoms with Crippen LogP contribution in [0.2, 0.25) is 0 Å². The minimum absolute atomic E-state index is 0.0825. The number of benzene rings is 2. The first-order valence-corrected chi connectivity index (χ1v) is 12.6. The summed E-state index contributed by atoms with van der Waals surface area (Å²) in [6.07, 6.45) is 3.24. The third kappa shape index (κ3) is 4.47. The van der Waals surface area contributed by atoms with Crippen molar-refractivity contribution in [3.8, 4) is 11.3 Å². The fraction of sp³-hybridized carbons (Fsp3) is 0.194. The molecule has 0 fully saturated rings. The average molecular weight is 509 g/mol. The van der Waals surface area contributed by atoms with Gasteiger partial charge < -0.3 is 18.5 Å². The van der Waals surface area contributed by atoms with Crippen LogP contribution in [0.15, 0.2) is 107 Å². The van der Waals surface area contributed by atoms with E-state index in [0.717, 1.165) is 16.8 Å². The minimum atomic E-state index is -2.03. The van der Waals surface area contributed by atoms with Gasteiger partial charge in [-0.25, -0.2) is 14.6 Å². The number of allylic oxidation sites excluding steroid dienone is 1. The molecule has 0 N–H and O–H groups in total. The Morgan fingerprint density at radius 1 is 0.816 bits per heavy atom. The van der Waals surface area contributed by atoms with E-state index in [9.17, 15) is 9.59 Å². The van der Waals surface area contributed by atoms with Crippen molar-refractivity contribution in [3.05, 3.63) is 114 Å². The van der Waals surface area contributed by atoms with Gasteiger partial charge in [0.25, 0.3) is 5.54 Å². The van der Waals surface area contributed by atoms with Gasteiger partial charge in [-0.2, -0.15) is 0 Å². The Labute approximate surface area is 221 Å². The molecule has 0 saturated carbocycles. The second-order valence-corrected chi connectivity index (χ2v) is 8.73. The monoisotopic (exact) mass is 508 g/mol. The first-order chi connectivity index (χ1) is 18.6. The summed E-state index contributed by atoms with van der Waals surface area (Å²) in [6, 6.07) is 27.3. The van der Waals surface area contributed by atoms with Crippen molar-refractivity contribution in [2.45, 2.75) is 25.9 Å². The minimum Gasteiger partial charge on any atom is -0.463 e. The van der Waals surface area contributed by atoms with Gasteiger partial charge in [-0.05, 0) is 55.3 Å². The van der Waals surface area contributed by atoms with Crippen LogP contribution in [0.25, 0.3) is 16.8 Å². The highest BCUT2D eigenvalue weighted by molar-refractivity contribution is 6.28. The van der Waals surface area contributed by atoms with E-state index in [1.165, 1.54) is 6.26 Å². The summed E-state index contributed by atoms with van der Waals surface area (Å²) in [5.74, 6) is -1.15. The fourth-order valence-corrected chi connectivity index (χ4v) is 4.69. The number of nitrogens with zero attached hydrogens (tertiary/aromatic N) is 2. The van der Waals surface area contributed by atoms with Crippen molar-refractivity contribution in [2.24, 2.45) is 4.99 Å². The van der Waals surface area contributed by atoms with E-state index in [2.05, 4.69) is 9.56 Å². The van der Waals surface area contributed by atoms with Gasteiger partial charge in [0.2, 0.25) is 0 Å². The molecule has 0 unspecified atom stereocenters. The fourth-order valence-electron chi connectivity index (χ4n) is 4.69. The summed E-state index contributed by atoms with van der Waals surface area (Å²) in [5, 5.41) is 0. The van der Waals surface area contributed by atoms with E-state index in [1.54, 1.807) is 32.1 Å². The van der Waals surface area contributed by atoms with Crippen LogP contribution in [0.1, 0.15) is 30.9 Å². The maximum atomic E-state index is 13.6. The van der Waals surface area contributed by atoms with Gasteiger partial charge in [-0.15, -0.1) is 0 Å². The third-order valence-corrected chi connectivity index (χ3v) is 6.38. The summed E-state index contributed by atoms with van der Waals surface area (Å²) in [6.45, 7) is 4.05. The van der Waals surface area contributed by atoms with Crippen molar-refractivity contribution in [1.82, 2.24) is 4.57 Å². The molecule has 0 saturated heterocycles. The molecule has 1 aliphatic heterocycles. The van der Waals surface area contributed by atoms with Gasteiger partial charge in [-0.1, -0.05) is 60.7 Å². The van der Waals surface area contributed by atoms with Gasteiger partial charge in [0, 0.05) is 23.5 Å². The standard InChI is InChI=1S/C31H28N2O5/c1-3-36-29(34)31(30(35)37-4-2)24(20-25(32-31)28-16-11-19-38-28)27-18-17-26(23-14-9-6-10-15-23)33(27)21-22-12-7-5-8-13-22/h5-20H,3-4,21H2,1-2H3. The van der Waals surface area contributed by atoms with Gasteiger partial charge in [0.1, 0.15) is 5.71 Å². The molecule has 0 aliphatic carbocycles. The molecule has 3 heterocycles. The molecule has 7 nitrogen and oxygen atoms in total. The normalized spacial score (nSPS) is 14.1. The SMILES string of the molecule is CCOC(=O)C1(C(=O)OCC)N=C(c2ccco2)C=C1c1ccc(-c2ccccc2)n1Cc1ccccc1. The highest BCUT2D eigenvalue weighted by atomic mass is 16.6. The number of furan rings is 1. The molecule has 1 aliphatic rings. The van der Waals surface area contributed by atoms with Crippen LogP contribution in [0.3, 0.4) is 0 Å².